The Labute approximate surface area is 330 Å². The van der Waals surface area contributed by atoms with Gasteiger partial charge in [-0.25, -0.2) is 0 Å². The van der Waals surface area contributed by atoms with Crippen molar-refractivity contribution in [3.63, 3.8) is 0 Å². The summed E-state index contributed by atoms with van der Waals surface area (Å²) in [4.78, 5) is 21.7. The first-order valence-corrected chi connectivity index (χ1v) is 19.1. The van der Waals surface area contributed by atoms with Gasteiger partial charge in [-0.1, -0.05) is 106 Å². The number of hydrogen-bond acceptors (Lipinski definition) is 8. The molecule has 0 bridgehead atoms. The molecule has 2 aliphatic rings. The highest BCUT2D eigenvalue weighted by Gasteiger charge is 2.32. The number of aromatic nitrogens is 2. The molecule has 0 aliphatic carbocycles. The molecule has 0 saturated heterocycles. The zero-order valence-electron chi connectivity index (χ0n) is 31.3. The van der Waals surface area contributed by atoms with E-state index in [0.717, 1.165) is 78.8 Å². The number of benzene rings is 4. The second kappa shape index (κ2) is 16.2. The predicted octanol–water partition coefficient (Wildman–Crippen LogP) is 10.0. The molecule has 4 heterocycles. The predicted molar refractivity (Wildman–Crippen MR) is 219 cm³/mol. The summed E-state index contributed by atoms with van der Waals surface area (Å²) >= 11 is 12.2. The summed E-state index contributed by atoms with van der Waals surface area (Å²) in [6, 6.07) is 31.3. The maximum Gasteiger partial charge on any atom is 0.217 e. The van der Waals surface area contributed by atoms with Gasteiger partial charge in [-0.2, -0.15) is 0 Å². The maximum atomic E-state index is 11.5. The fourth-order valence-electron chi connectivity index (χ4n) is 7.36. The van der Waals surface area contributed by atoms with Crippen LogP contribution >= 0.6 is 23.2 Å². The molecule has 2 unspecified atom stereocenters. The van der Waals surface area contributed by atoms with E-state index in [1.54, 1.807) is 0 Å². The van der Waals surface area contributed by atoms with Crippen LogP contribution in [0.5, 0.6) is 0 Å². The number of amides is 1. The van der Waals surface area contributed by atoms with E-state index in [0.29, 0.717) is 22.9 Å². The normalized spacial score (nSPS) is 16.7. The first-order valence-electron chi connectivity index (χ1n) is 18.3. The molecule has 9 nitrogen and oxygen atoms in total. The lowest BCUT2D eigenvalue weighted by Crippen LogP contribution is -2.31. The van der Waals surface area contributed by atoms with Crippen molar-refractivity contribution < 1.29 is 13.8 Å². The van der Waals surface area contributed by atoms with Gasteiger partial charge in [0.1, 0.15) is 12.1 Å². The number of carbonyl (C=O) groups excluding carboxylic acids is 1. The van der Waals surface area contributed by atoms with Gasteiger partial charge in [-0.3, -0.25) is 14.8 Å². The number of nitrogens with one attached hydrogen (secondary N) is 1. The van der Waals surface area contributed by atoms with E-state index in [2.05, 4.69) is 39.9 Å². The summed E-state index contributed by atoms with van der Waals surface area (Å²) in [7, 11) is 0. The maximum absolute atomic E-state index is 11.5. The number of rotatable bonds is 7. The van der Waals surface area contributed by atoms with Crippen molar-refractivity contribution in [2.24, 2.45) is 15.7 Å². The first kappa shape index (κ1) is 37.9. The van der Waals surface area contributed by atoms with Gasteiger partial charge < -0.3 is 20.1 Å². The quantitative estimate of drug-likeness (QED) is 0.166. The second-order valence-electron chi connectivity index (χ2n) is 14.2. The van der Waals surface area contributed by atoms with E-state index in [1.807, 2.05) is 100 Å². The Hall–Kier alpha value is -5.35. The molecule has 8 rings (SSSR count). The number of hydrogen-bond donors (Lipinski definition) is 2. The van der Waals surface area contributed by atoms with E-state index in [4.69, 9.17) is 48.0 Å². The van der Waals surface area contributed by atoms with Crippen LogP contribution in [0.4, 0.5) is 0 Å². The number of fused-ring (bicyclic) bond motifs is 6. The van der Waals surface area contributed by atoms with Crippen LogP contribution in [0.1, 0.15) is 90.9 Å². The van der Waals surface area contributed by atoms with Crippen molar-refractivity contribution >= 4 is 40.5 Å². The summed E-state index contributed by atoms with van der Waals surface area (Å²) in [5.74, 6) is 1.46. The van der Waals surface area contributed by atoms with E-state index in [9.17, 15) is 4.79 Å². The highest BCUT2D eigenvalue weighted by Crippen LogP contribution is 2.42. The number of carbonyl (C=O) groups is 1. The smallest absolute Gasteiger partial charge is 0.217 e. The average molecular weight is 774 g/mol. The molecule has 2 aliphatic heterocycles. The van der Waals surface area contributed by atoms with Gasteiger partial charge >= 0.3 is 0 Å². The van der Waals surface area contributed by atoms with E-state index in [1.165, 1.54) is 6.92 Å². The molecule has 4 atom stereocenters. The van der Waals surface area contributed by atoms with Gasteiger partial charge in [-0.05, 0) is 75.9 Å². The Kier molecular flexibility index (Phi) is 11.2. The minimum Gasteiger partial charge on any atom is -0.358 e. The Bertz CT molecular complexity index is 2400. The summed E-state index contributed by atoms with van der Waals surface area (Å²) in [5.41, 5.74) is 17.8. The Balaban J connectivity index is 0.000000170. The third kappa shape index (κ3) is 8.05. The molecular formula is C44H42Cl2N6O3. The zero-order chi connectivity index (χ0) is 38.8. The van der Waals surface area contributed by atoms with Gasteiger partial charge in [-0.15, -0.1) is 0 Å². The lowest BCUT2D eigenvalue weighted by molar-refractivity contribution is -0.119. The number of aryl methyl sites for hydroxylation is 2. The number of nitrogens with zero attached hydrogens (tertiary/aromatic N) is 4. The van der Waals surface area contributed by atoms with Crippen LogP contribution in [0.25, 0.3) is 22.3 Å². The minimum absolute atomic E-state index is 0.00492. The third-order valence-electron chi connectivity index (χ3n) is 9.71. The van der Waals surface area contributed by atoms with Crippen molar-refractivity contribution in [2.75, 3.05) is 0 Å². The lowest BCUT2D eigenvalue weighted by Gasteiger charge is -2.17. The van der Waals surface area contributed by atoms with Crippen molar-refractivity contribution in [1.29, 1.82) is 0 Å². The van der Waals surface area contributed by atoms with Gasteiger partial charge in [0.05, 0.1) is 33.9 Å². The molecule has 3 N–H and O–H groups in total. The van der Waals surface area contributed by atoms with Crippen molar-refractivity contribution in [3.05, 3.63) is 152 Å². The topological polar surface area (TPSA) is 132 Å². The molecule has 2 aromatic heterocycles. The van der Waals surface area contributed by atoms with Gasteiger partial charge in [0.15, 0.2) is 11.5 Å². The van der Waals surface area contributed by atoms with Crippen LogP contribution in [0.15, 0.2) is 116 Å². The van der Waals surface area contributed by atoms with E-state index < -0.39 is 0 Å². The molecule has 0 fully saturated rings. The minimum atomic E-state index is -0.272. The summed E-state index contributed by atoms with van der Waals surface area (Å²) in [6.45, 7) is 9.39. The summed E-state index contributed by atoms with van der Waals surface area (Å²) < 4.78 is 11.5. The highest BCUT2D eigenvalue weighted by molar-refractivity contribution is 6.31. The Morgan fingerprint density at radius 2 is 1.07 bits per heavy atom. The molecule has 0 radical (unpaired) electrons. The van der Waals surface area contributed by atoms with Gasteiger partial charge in [0, 0.05) is 51.3 Å². The van der Waals surface area contributed by atoms with Crippen molar-refractivity contribution in [1.82, 2.24) is 15.6 Å². The summed E-state index contributed by atoms with van der Waals surface area (Å²) in [6.07, 6.45) is 1.29. The van der Waals surface area contributed by atoms with Crippen LogP contribution in [0, 0.1) is 13.8 Å². The fraction of sp³-hybridized carbons (Fsp3) is 0.250. The number of halogens is 2. The van der Waals surface area contributed by atoms with E-state index in [-0.39, 0.29) is 30.1 Å². The third-order valence-corrected chi connectivity index (χ3v) is 10.2. The molecule has 1 amide bonds. The lowest BCUT2D eigenvalue weighted by atomic mass is 9.92. The van der Waals surface area contributed by atoms with Crippen LogP contribution in [-0.4, -0.2) is 39.7 Å². The van der Waals surface area contributed by atoms with E-state index >= 15 is 0 Å². The molecule has 11 heteroatoms. The van der Waals surface area contributed by atoms with Crippen LogP contribution in [-0.2, 0) is 4.79 Å². The number of nitrogens with two attached hydrogens (primary N) is 1. The highest BCUT2D eigenvalue weighted by atomic mass is 35.5. The van der Waals surface area contributed by atoms with Crippen molar-refractivity contribution in [3.8, 4) is 22.3 Å². The zero-order valence-corrected chi connectivity index (χ0v) is 32.8. The van der Waals surface area contributed by atoms with Gasteiger partial charge in [0.2, 0.25) is 5.91 Å². The molecule has 0 spiro atoms. The molecule has 0 saturated carbocycles. The largest absolute Gasteiger partial charge is 0.358 e. The first-order chi connectivity index (χ1) is 26.5. The molecule has 280 valence electrons. The Morgan fingerprint density at radius 1 is 0.673 bits per heavy atom. The monoisotopic (exact) mass is 772 g/mol. The summed E-state index contributed by atoms with van der Waals surface area (Å²) in [5, 5.41) is 12.7. The fourth-order valence-corrected chi connectivity index (χ4v) is 7.61. The van der Waals surface area contributed by atoms with Gasteiger partial charge in [0.25, 0.3) is 0 Å². The van der Waals surface area contributed by atoms with Crippen LogP contribution in [0.2, 0.25) is 10.0 Å². The molecular weight excluding hydrogens is 731 g/mol. The SMILES string of the molecule is CC(=O)NC(C)C[C@@H]1N=C(c2ccc(Cl)cc2)c2ccccc2-c2c(C)noc21.Cc1noc2c1-c1ccccc1C(c1ccc(Cl)cc1)=N[C@H]2CC(C)N. The Morgan fingerprint density at radius 3 is 1.47 bits per heavy atom. The molecule has 55 heavy (non-hydrogen) atoms. The average Bonchev–Trinajstić information content (AvgIpc) is 3.66. The standard InChI is InChI=1S/C23H22ClN3O2.C21H20ClN3O/c1-13(25-15(3)28)12-20-23-21(14(2)27-29-23)18-6-4-5-7-19(18)22(26-20)16-8-10-17(24)11-9-16;1-12(23)11-18-21-19(13(2)25-26-21)16-5-3-4-6-17(16)20(24-18)14-7-9-15(22)10-8-14/h4-11,13,20H,12H2,1-3H3,(H,25,28);3-10,12,18H,11,23H2,1-2H3/t13?,20-;12?,18-/m00/s1. The number of aliphatic imine (C=N–C) groups is 2. The molecule has 4 aromatic carbocycles. The van der Waals surface area contributed by atoms with Crippen molar-refractivity contribution in [2.45, 2.75) is 71.6 Å². The van der Waals surface area contributed by atoms with Crippen LogP contribution < -0.4 is 11.1 Å². The second-order valence-corrected chi connectivity index (χ2v) is 15.0. The van der Waals surface area contributed by atoms with Crippen LogP contribution in [0.3, 0.4) is 0 Å². The molecule has 6 aromatic rings.